The molecule has 27 heavy (non-hydrogen) atoms. The third kappa shape index (κ3) is 4.65. The van der Waals surface area contributed by atoms with Gasteiger partial charge in [0.15, 0.2) is 0 Å². The van der Waals surface area contributed by atoms with Gasteiger partial charge in [-0.15, -0.1) is 6.58 Å². The Bertz CT molecular complexity index is 850. The average Bonchev–Trinajstić information content (AvgIpc) is 2.70. The molecule has 1 aromatic heterocycles. The molecular weight excluding hydrogens is 342 g/mol. The van der Waals surface area contributed by atoms with Crippen molar-refractivity contribution in [3.63, 3.8) is 0 Å². The van der Waals surface area contributed by atoms with Gasteiger partial charge in [0.25, 0.3) is 11.5 Å². The van der Waals surface area contributed by atoms with Crippen LogP contribution in [0.15, 0.2) is 60.0 Å². The Labute approximate surface area is 159 Å². The van der Waals surface area contributed by atoms with Crippen LogP contribution in [0.2, 0.25) is 0 Å². The maximum atomic E-state index is 12.6. The zero-order valence-corrected chi connectivity index (χ0v) is 15.6. The lowest BCUT2D eigenvalue weighted by Gasteiger charge is -2.31. The third-order valence-corrected chi connectivity index (χ3v) is 4.83. The number of carbonyl (C=O) groups is 1. The minimum absolute atomic E-state index is 0.153. The molecule has 6 nitrogen and oxygen atoms in total. The Balaban J connectivity index is 1.70. The minimum atomic E-state index is -0.186. The number of aromatic nitrogens is 1. The molecule has 2 heterocycles. The highest BCUT2D eigenvalue weighted by atomic mass is 16.5. The predicted octanol–water partition coefficient (Wildman–Crippen LogP) is 2.23. The summed E-state index contributed by atoms with van der Waals surface area (Å²) in [7, 11) is 1.59. The molecule has 1 N–H and O–H groups in total. The maximum absolute atomic E-state index is 12.6. The highest BCUT2D eigenvalue weighted by Crippen LogP contribution is 2.15. The van der Waals surface area contributed by atoms with E-state index < -0.39 is 0 Å². The first-order valence-corrected chi connectivity index (χ1v) is 9.12. The smallest absolute Gasteiger partial charge is 0.255 e. The van der Waals surface area contributed by atoms with Crippen molar-refractivity contribution >= 4 is 5.91 Å². The molecular formula is C21H25N3O3. The first-order chi connectivity index (χ1) is 13.1. The van der Waals surface area contributed by atoms with Crippen LogP contribution in [0.1, 0.15) is 23.2 Å². The van der Waals surface area contributed by atoms with Gasteiger partial charge in [0, 0.05) is 43.6 Å². The quantitative estimate of drug-likeness (QED) is 0.796. The van der Waals surface area contributed by atoms with Crippen molar-refractivity contribution < 1.29 is 9.53 Å². The molecule has 1 saturated heterocycles. The van der Waals surface area contributed by atoms with Crippen LogP contribution in [0.3, 0.4) is 0 Å². The first-order valence-electron chi connectivity index (χ1n) is 9.12. The Morgan fingerprint density at radius 2 is 1.93 bits per heavy atom. The molecule has 0 aliphatic carbocycles. The highest BCUT2D eigenvalue weighted by Gasteiger charge is 2.20. The summed E-state index contributed by atoms with van der Waals surface area (Å²) in [6.07, 6.45) is 5.32. The first kappa shape index (κ1) is 18.9. The summed E-state index contributed by atoms with van der Waals surface area (Å²) in [4.78, 5) is 27.2. The van der Waals surface area contributed by atoms with E-state index in [9.17, 15) is 9.59 Å². The molecule has 0 bridgehead atoms. The zero-order chi connectivity index (χ0) is 19.2. The van der Waals surface area contributed by atoms with E-state index in [-0.39, 0.29) is 17.5 Å². The summed E-state index contributed by atoms with van der Waals surface area (Å²) in [5.41, 5.74) is 0.974. The van der Waals surface area contributed by atoms with E-state index in [2.05, 4.69) is 16.8 Å². The average molecular weight is 367 g/mol. The van der Waals surface area contributed by atoms with Gasteiger partial charge in [0.05, 0.1) is 12.7 Å². The van der Waals surface area contributed by atoms with Gasteiger partial charge in [-0.3, -0.25) is 19.1 Å². The van der Waals surface area contributed by atoms with Gasteiger partial charge in [0.2, 0.25) is 0 Å². The van der Waals surface area contributed by atoms with E-state index in [1.54, 1.807) is 43.6 Å². The number of methoxy groups -OCH3 is 1. The number of ether oxygens (including phenoxy) is 1. The van der Waals surface area contributed by atoms with E-state index in [0.717, 1.165) is 32.5 Å². The van der Waals surface area contributed by atoms with E-state index in [1.807, 2.05) is 6.08 Å². The molecule has 0 atom stereocenters. The fourth-order valence-corrected chi connectivity index (χ4v) is 3.28. The van der Waals surface area contributed by atoms with Gasteiger partial charge in [-0.2, -0.15) is 0 Å². The van der Waals surface area contributed by atoms with Gasteiger partial charge in [-0.05, 0) is 43.2 Å². The van der Waals surface area contributed by atoms with Crippen LogP contribution in [0, 0.1) is 0 Å². The number of hydrogen-bond donors (Lipinski definition) is 1. The van der Waals surface area contributed by atoms with Gasteiger partial charge < -0.3 is 10.1 Å². The van der Waals surface area contributed by atoms with E-state index in [0.29, 0.717) is 17.0 Å². The van der Waals surface area contributed by atoms with Crippen molar-refractivity contribution in [1.29, 1.82) is 0 Å². The van der Waals surface area contributed by atoms with Crippen molar-refractivity contribution in [2.45, 2.75) is 18.9 Å². The lowest BCUT2D eigenvalue weighted by molar-refractivity contribution is 0.0913. The Kier molecular flexibility index (Phi) is 6.08. The number of piperidine rings is 1. The lowest BCUT2D eigenvalue weighted by Crippen LogP contribution is -2.44. The van der Waals surface area contributed by atoms with Crippen LogP contribution in [0.25, 0.3) is 5.69 Å². The van der Waals surface area contributed by atoms with E-state index in [4.69, 9.17) is 4.74 Å². The molecule has 6 heteroatoms. The van der Waals surface area contributed by atoms with Gasteiger partial charge in [-0.25, -0.2) is 0 Å². The number of rotatable bonds is 6. The maximum Gasteiger partial charge on any atom is 0.255 e. The van der Waals surface area contributed by atoms with Gasteiger partial charge in [0.1, 0.15) is 5.75 Å². The van der Waals surface area contributed by atoms with E-state index in [1.165, 1.54) is 10.6 Å². The van der Waals surface area contributed by atoms with Crippen molar-refractivity contribution in [2.24, 2.45) is 0 Å². The molecule has 0 spiro atoms. The van der Waals surface area contributed by atoms with E-state index >= 15 is 0 Å². The molecule has 0 unspecified atom stereocenters. The Morgan fingerprint density at radius 3 is 2.56 bits per heavy atom. The number of likely N-dealkylation sites (tertiary alicyclic amines) is 1. The van der Waals surface area contributed by atoms with Crippen LogP contribution in [-0.2, 0) is 0 Å². The molecule has 1 aromatic carbocycles. The second-order valence-corrected chi connectivity index (χ2v) is 6.66. The van der Waals surface area contributed by atoms with Crippen LogP contribution in [-0.4, -0.2) is 48.2 Å². The number of hydrogen-bond acceptors (Lipinski definition) is 4. The normalized spacial score (nSPS) is 15.3. The summed E-state index contributed by atoms with van der Waals surface area (Å²) in [6.45, 7) is 6.54. The van der Waals surface area contributed by atoms with Crippen LogP contribution >= 0.6 is 0 Å². The molecule has 1 aliphatic rings. The Hall–Kier alpha value is -2.86. The van der Waals surface area contributed by atoms with Gasteiger partial charge >= 0.3 is 0 Å². The fourth-order valence-electron chi connectivity index (χ4n) is 3.28. The standard InChI is InChI=1S/C21H25N3O3/c1-3-12-23-13-10-17(11-14-23)22-21(26)16-4-9-20(25)24(15-16)18-5-7-19(27-2)8-6-18/h3-9,15,17H,1,10-14H2,2H3,(H,22,26). The third-order valence-electron chi connectivity index (χ3n) is 4.83. The molecule has 1 amide bonds. The van der Waals surface area contributed by atoms with Crippen LogP contribution in [0.4, 0.5) is 0 Å². The summed E-state index contributed by atoms with van der Waals surface area (Å²) >= 11 is 0. The largest absolute Gasteiger partial charge is 0.497 e. The predicted molar refractivity (Wildman–Crippen MR) is 106 cm³/mol. The van der Waals surface area contributed by atoms with Crippen LogP contribution in [0.5, 0.6) is 5.75 Å². The molecule has 0 radical (unpaired) electrons. The molecule has 1 aliphatic heterocycles. The SMILES string of the molecule is C=CCN1CCC(NC(=O)c2ccc(=O)n(-c3ccc(OC)cc3)c2)CC1. The Morgan fingerprint density at radius 1 is 1.22 bits per heavy atom. The van der Waals surface area contributed by atoms with Crippen molar-refractivity contribution in [3.8, 4) is 11.4 Å². The molecule has 0 saturated carbocycles. The monoisotopic (exact) mass is 367 g/mol. The molecule has 142 valence electrons. The summed E-state index contributed by atoms with van der Waals surface area (Å²) < 4.78 is 6.62. The second kappa shape index (κ2) is 8.68. The molecule has 3 rings (SSSR count). The summed E-state index contributed by atoms with van der Waals surface area (Å²) in [6, 6.07) is 10.3. The van der Waals surface area contributed by atoms with Crippen molar-refractivity contribution in [3.05, 3.63) is 71.2 Å². The van der Waals surface area contributed by atoms with Crippen molar-refractivity contribution in [2.75, 3.05) is 26.7 Å². The number of benzene rings is 1. The topological polar surface area (TPSA) is 63.6 Å². The number of nitrogens with zero attached hydrogens (tertiary/aromatic N) is 2. The number of amides is 1. The molecule has 2 aromatic rings. The second-order valence-electron chi connectivity index (χ2n) is 6.66. The number of nitrogens with one attached hydrogen (secondary N) is 1. The van der Waals surface area contributed by atoms with Gasteiger partial charge in [-0.1, -0.05) is 6.08 Å². The number of carbonyl (C=O) groups excluding carboxylic acids is 1. The highest BCUT2D eigenvalue weighted by molar-refractivity contribution is 5.94. The lowest BCUT2D eigenvalue weighted by atomic mass is 10.0. The van der Waals surface area contributed by atoms with Crippen molar-refractivity contribution in [1.82, 2.24) is 14.8 Å². The fraction of sp³-hybridized carbons (Fsp3) is 0.333. The minimum Gasteiger partial charge on any atom is -0.497 e. The summed E-state index contributed by atoms with van der Waals surface area (Å²) in [5, 5.41) is 3.09. The molecule has 1 fully saturated rings. The number of pyridine rings is 1. The zero-order valence-electron chi connectivity index (χ0n) is 15.6. The van der Waals surface area contributed by atoms with Crippen LogP contribution < -0.4 is 15.6 Å². The summed E-state index contributed by atoms with van der Waals surface area (Å²) in [5.74, 6) is 0.558.